The van der Waals surface area contributed by atoms with E-state index >= 15 is 0 Å². The Morgan fingerprint density at radius 2 is 2.16 bits per heavy atom. The molecule has 0 spiro atoms. The molecule has 6 heteroatoms. The largest absolute Gasteiger partial charge is 0.427 e. The number of benzene rings is 1. The van der Waals surface area contributed by atoms with Gasteiger partial charge in [0, 0.05) is 6.07 Å². The van der Waals surface area contributed by atoms with E-state index in [0.29, 0.717) is 10.1 Å². The van der Waals surface area contributed by atoms with Gasteiger partial charge in [0.1, 0.15) is 12.1 Å². The minimum atomic E-state index is -0.895. The van der Waals surface area contributed by atoms with Crippen LogP contribution in [-0.2, 0) is 4.74 Å². The Hall–Kier alpha value is -2.50. The van der Waals surface area contributed by atoms with Crippen LogP contribution in [0.15, 0.2) is 35.6 Å². The van der Waals surface area contributed by atoms with Gasteiger partial charge in [0.2, 0.25) is 0 Å². The molecule has 0 aliphatic rings. The summed E-state index contributed by atoms with van der Waals surface area (Å²) in [6, 6.07) is 2.50. The third-order valence-corrected chi connectivity index (χ3v) is 2.50. The number of allylic oxidation sites excluding steroid dienone is 1. The van der Waals surface area contributed by atoms with Crippen LogP contribution in [0.5, 0.6) is 0 Å². The molecule has 0 radical (unpaired) electrons. The summed E-state index contributed by atoms with van der Waals surface area (Å²) >= 11 is 0. The topological polar surface area (TPSA) is 61.2 Å². The summed E-state index contributed by atoms with van der Waals surface area (Å²) in [5.41, 5.74) is -0.121. The van der Waals surface area contributed by atoms with Crippen molar-refractivity contribution in [1.29, 1.82) is 0 Å². The zero-order chi connectivity index (χ0) is 14.2. The fourth-order valence-electron chi connectivity index (χ4n) is 1.58. The van der Waals surface area contributed by atoms with Gasteiger partial charge >= 0.3 is 6.09 Å². The number of fused-ring (bicyclic) bond motifs is 1. The molecule has 0 unspecified atom stereocenters. The minimum Gasteiger partial charge on any atom is -0.415 e. The number of carbonyl (C=O) groups excluding carboxylic acids is 1. The van der Waals surface area contributed by atoms with Crippen molar-refractivity contribution in [3.8, 4) is 0 Å². The highest BCUT2D eigenvalue weighted by molar-refractivity contribution is 5.81. The van der Waals surface area contributed by atoms with Crippen LogP contribution in [0.2, 0.25) is 0 Å². The summed E-state index contributed by atoms with van der Waals surface area (Å²) in [6.07, 6.45) is 0.110. The molecule has 0 saturated carbocycles. The van der Waals surface area contributed by atoms with Gasteiger partial charge in [0.05, 0.1) is 16.7 Å². The molecule has 1 aromatic carbocycles. The van der Waals surface area contributed by atoms with Crippen LogP contribution in [-0.4, -0.2) is 15.6 Å². The number of nitrogens with zero attached hydrogens (tertiary/aromatic N) is 2. The van der Waals surface area contributed by atoms with Gasteiger partial charge in [0.25, 0.3) is 5.56 Å². The fraction of sp³-hybridized carbons (Fsp3) is 0.154. The van der Waals surface area contributed by atoms with Crippen molar-refractivity contribution in [2.75, 3.05) is 0 Å². The second-order valence-electron chi connectivity index (χ2n) is 4.11. The highest BCUT2D eigenvalue weighted by Gasteiger charge is 2.13. The molecule has 2 aromatic rings. The fourth-order valence-corrected chi connectivity index (χ4v) is 1.58. The standard InChI is InChI=1S/C13H11FN2O3/c1-7(2)19-13(18)16-6-15-11-5-10(14)8(3)4-9(11)12(16)17/h4-6H,1H2,2-3H3. The molecule has 0 fully saturated rings. The van der Waals surface area contributed by atoms with Crippen LogP contribution in [0.3, 0.4) is 0 Å². The van der Waals surface area contributed by atoms with Gasteiger partial charge < -0.3 is 4.74 Å². The molecule has 1 aromatic heterocycles. The van der Waals surface area contributed by atoms with E-state index in [4.69, 9.17) is 4.74 Å². The molecule has 19 heavy (non-hydrogen) atoms. The van der Waals surface area contributed by atoms with E-state index in [1.807, 2.05) is 0 Å². The van der Waals surface area contributed by atoms with E-state index in [9.17, 15) is 14.0 Å². The van der Waals surface area contributed by atoms with Crippen molar-refractivity contribution >= 4 is 17.0 Å². The van der Waals surface area contributed by atoms with Crippen molar-refractivity contribution in [3.63, 3.8) is 0 Å². The molecule has 0 bridgehead atoms. The number of carbonyl (C=O) groups is 1. The summed E-state index contributed by atoms with van der Waals surface area (Å²) in [5.74, 6) is -0.297. The second-order valence-corrected chi connectivity index (χ2v) is 4.11. The van der Waals surface area contributed by atoms with Crippen LogP contribution in [0.1, 0.15) is 12.5 Å². The van der Waals surface area contributed by atoms with Crippen LogP contribution >= 0.6 is 0 Å². The number of hydrogen-bond acceptors (Lipinski definition) is 4. The maximum atomic E-state index is 13.4. The Morgan fingerprint density at radius 1 is 1.47 bits per heavy atom. The molecular weight excluding hydrogens is 251 g/mol. The average Bonchev–Trinajstić information content (AvgIpc) is 2.31. The van der Waals surface area contributed by atoms with Crippen molar-refractivity contribution in [3.05, 3.63) is 52.5 Å². The zero-order valence-corrected chi connectivity index (χ0v) is 10.4. The lowest BCUT2D eigenvalue weighted by atomic mass is 10.1. The van der Waals surface area contributed by atoms with E-state index in [-0.39, 0.29) is 16.7 Å². The Kier molecular flexibility index (Phi) is 3.16. The lowest BCUT2D eigenvalue weighted by molar-refractivity contribution is 0.177. The van der Waals surface area contributed by atoms with E-state index in [0.717, 1.165) is 12.4 Å². The molecule has 98 valence electrons. The molecule has 0 aliphatic carbocycles. The maximum Gasteiger partial charge on any atom is 0.427 e. The smallest absolute Gasteiger partial charge is 0.415 e. The molecule has 5 nitrogen and oxygen atoms in total. The van der Waals surface area contributed by atoms with Crippen molar-refractivity contribution in [1.82, 2.24) is 9.55 Å². The number of rotatable bonds is 1. The normalized spacial score (nSPS) is 10.5. The molecule has 0 saturated heterocycles. The van der Waals surface area contributed by atoms with E-state index in [1.165, 1.54) is 19.9 Å². The summed E-state index contributed by atoms with van der Waals surface area (Å²) < 4.78 is 18.8. The Labute approximate surface area is 107 Å². The van der Waals surface area contributed by atoms with Gasteiger partial charge in [-0.3, -0.25) is 4.79 Å². The first-order valence-electron chi connectivity index (χ1n) is 5.45. The van der Waals surface area contributed by atoms with Crippen molar-refractivity contribution in [2.24, 2.45) is 0 Å². The lowest BCUT2D eigenvalue weighted by Crippen LogP contribution is -2.27. The molecule has 2 rings (SSSR count). The van der Waals surface area contributed by atoms with Gasteiger partial charge in [-0.15, -0.1) is 0 Å². The number of aromatic nitrogens is 2. The molecular formula is C13H11FN2O3. The first-order chi connectivity index (χ1) is 8.90. The number of ether oxygens (including phenoxy) is 1. The van der Waals surface area contributed by atoms with Crippen molar-refractivity contribution < 1.29 is 13.9 Å². The van der Waals surface area contributed by atoms with Crippen LogP contribution < -0.4 is 5.56 Å². The van der Waals surface area contributed by atoms with E-state index in [2.05, 4.69) is 11.6 Å². The molecule has 0 N–H and O–H groups in total. The zero-order valence-electron chi connectivity index (χ0n) is 10.4. The Morgan fingerprint density at radius 3 is 2.79 bits per heavy atom. The maximum absolute atomic E-state index is 13.4. The summed E-state index contributed by atoms with van der Waals surface area (Å²) in [4.78, 5) is 27.6. The third kappa shape index (κ3) is 2.37. The second kappa shape index (κ2) is 4.64. The first kappa shape index (κ1) is 12.9. The number of hydrogen-bond donors (Lipinski definition) is 0. The highest BCUT2D eigenvalue weighted by Crippen LogP contribution is 2.13. The number of aryl methyl sites for hydroxylation is 1. The first-order valence-corrected chi connectivity index (χ1v) is 5.45. The van der Waals surface area contributed by atoms with Gasteiger partial charge in [-0.25, -0.2) is 18.7 Å². The third-order valence-electron chi connectivity index (χ3n) is 2.50. The lowest BCUT2D eigenvalue weighted by Gasteiger charge is -2.06. The van der Waals surface area contributed by atoms with E-state index in [1.54, 1.807) is 0 Å². The van der Waals surface area contributed by atoms with E-state index < -0.39 is 17.5 Å². The summed E-state index contributed by atoms with van der Waals surface area (Å²) in [5, 5.41) is 0.153. The van der Waals surface area contributed by atoms with Gasteiger partial charge in [-0.05, 0) is 25.5 Å². The average molecular weight is 262 g/mol. The number of halogens is 1. The predicted octanol–water partition coefficient (Wildman–Crippen LogP) is 2.36. The predicted molar refractivity (Wildman–Crippen MR) is 67.4 cm³/mol. The quantitative estimate of drug-likeness (QED) is 0.740. The molecule has 0 atom stereocenters. The molecule has 0 amide bonds. The van der Waals surface area contributed by atoms with Crippen molar-refractivity contribution in [2.45, 2.75) is 13.8 Å². The SMILES string of the molecule is C=C(C)OC(=O)n1cnc2cc(F)c(C)cc2c1=O. The molecule has 1 heterocycles. The van der Waals surface area contributed by atoms with Crippen LogP contribution in [0.4, 0.5) is 9.18 Å². The van der Waals surface area contributed by atoms with Gasteiger partial charge in [-0.1, -0.05) is 6.58 Å². The van der Waals surface area contributed by atoms with Gasteiger partial charge in [0.15, 0.2) is 0 Å². The van der Waals surface area contributed by atoms with Crippen LogP contribution in [0.25, 0.3) is 10.9 Å². The molecule has 0 aliphatic heterocycles. The monoisotopic (exact) mass is 262 g/mol. The van der Waals surface area contributed by atoms with Gasteiger partial charge in [-0.2, -0.15) is 0 Å². The Balaban J connectivity index is 2.64. The summed E-state index contributed by atoms with van der Waals surface area (Å²) in [7, 11) is 0. The minimum absolute atomic E-state index is 0.153. The highest BCUT2D eigenvalue weighted by atomic mass is 19.1. The summed E-state index contributed by atoms with van der Waals surface area (Å²) in [6.45, 7) is 6.42. The van der Waals surface area contributed by atoms with Crippen LogP contribution in [0, 0.1) is 12.7 Å². The Bertz CT molecular complexity index is 749.